The van der Waals surface area contributed by atoms with Crippen molar-refractivity contribution in [2.45, 2.75) is 25.8 Å². The van der Waals surface area contributed by atoms with Gasteiger partial charge in [-0.05, 0) is 42.5 Å². The lowest BCUT2D eigenvalue weighted by atomic mass is 9.83. The maximum Gasteiger partial charge on any atom is 0.274 e. The van der Waals surface area contributed by atoms with Gasteiger partial charge in [0, 0.05) is 30.3 Å². The highest BCUT2D eigenvalue weighted by atomic mass is 19.1. The molecule has 2 aromatic carbocycles. The molecule has 2 amide bonds. The fraction of sp³-hybridized carbons (Fsp3) is 0.300. The molecule has 4 rings (SSSR count). The highest BCUT2D eigenvalue weighted by molar-refractivity contribution is 5.96. The zero-order valence-electron chi connectivity index (χ0n) is 14.5. The molecule has 1 aliphatic heterocycles. The van der Waals surface area contributed by atoms with Crippen LogP contribution in [-0.4, -0.2) is 28.5 Å². The third-order valence-corrected chi connectivity index (χ3v) is 5.64. The molecule has 0 aromatic heterocycles. The standard InChI is InChI=1S/C20H18F2N2O3/c21-14-5-4-13(17(22)8-14)11-24-7-6-20(19(24)26)9-12-2-1-3-15(16(12)10-20)18(25)23-27/h1-5,8,27H,6-7,9-11H2,(H,23,25). The molecule has 1 unspecified atom stereocenters. The lowest BCUT2D eigenvalue weighted by Gasteiger charge is -2.23. The second kappa shape index (κ2) is 6.42. The van der Waals surface area contributed by atoms with Crippen molar-refractivity contribution in [2.24, 2.45) is 5.41 Å². The molecule has 2 aromatic rings. The highest BCUT2D eigenvalue weighted by Crippen LogP contribution is 2.46. The van der Waals surface area contributed by atoms with E-state index in [0.29, 0.717) is 31.4 Å². The quantitative estimate of drug-likeness (QED) is 0.643. The molecule has 27 heavy (non-hydrogen) atoms. The van der Waals surface area contributed by atoms with E-state index in [2.05, 4.69) is 0 Å². The number of carbonyl (C=O) groups excluding carboxylic acids is 2. The van der Waals surface area contributed by atoms with Crippen LogP contribution in [0.3, 0.4) is 0 Å². The maximum atomic E-state index is 13.9. The molecule has 5 nitrogen and oxygen atoms in total. The Morgan fingerprint density at radius 1 is 1.22 bits per heavy atom. The van der Waals surface area contributed by atoms with Gasteiger partial charge >= 0.3 is 0 Å². The maximum absolute atomic E-state index is 13.9. The van der Waals surface area contributed by atoms with Gasteiger partial charge < -0.3 is 4.90 Å². The number of nitrogens with one attached hydrogen (secondary N) is 1. The molecule has 2 N–H and O–H groups in total. The summed E-state index contributed by atoms with van der Waals surface area (Å²) in [4.78, 5) is 26.6. The van der Waals surface area contributed by atoms with Gasteiger partial charge in [0.25, 0.3) is 5.91 Å². The van der Waals surface area contributed by atoms with Crippen molar-refractivity contribution in [2.75, 3.05) is 6.54 Å². The summed E-state index contributed by atoms with van der Waals surface area (Å²) in [5.74, 6) is -2.00. The number of hydrogen-bond acceptors (Lipinski definition) is 3. The number of hydroxylamine groups is 1. The number of hydrogen-bond donors (Lipinski definition) is 2. The van der Waals surface area contributed by atoms with E-state index in [1.54, 1.807) is 22.5 Å². The van der Waals surface area contributed by atoms with Gasteiger partial charge in [-0.15, -0.1) is 0 Å². The Morgan fingerprint density at radius 3 is 2.78 bits per heavy atom. The van der Waals surface area contributed by atoms with E-state index >= 15 is 0 Å². The Labute approximate surface area is 154 Å². The molecule has 0 saturated carbocycles. The van der Waals surface area contributed by atoms with Gasteiger partial charge in [0.15, 0.2) is 0 Å². The van der Waals surface area contributed by atoms with Crippen molar-refractivity contribution in [1.82, 2.24) is 10.4 Å². The average molecular weight is 372 g/mol. The largest absolute Gasteiger partial charge is 0.338 e. The van der Waals surface area contributed by atoms with E-state index in [4.69, 9.17) is 5.21 Å². The molecule has 2 aliphatic rings. The van der Waals surface area contributed by atoms with Gasteiger partial charge in [0.1, 0.15) is 11.6 Å². The van der Waals surface area contributed by atoms with Crippen LogP contribution >= 0.6 is 0 Å². The van der Waals surface area contributed by atoms with Crippen molar-refractivity contribution in [3.05, 3.63) is 70.3 Å². The third-order valence-electron chi connectivity index (χ3n) is 5.64. The van der Waals surface area contributed by atoms with E-state index in [0.717, 1.165) is 17.2 Å². The molecule has 0 bridgehead atoms. The van der Waals surface area contributed by atoms with Crippen molar-refractivity contribution >= 4 is 11.8 Å². The molecule has 1 spiro atoms. The lowest BCUT2D eigenvalue weighted by molar-refractivity contribution is -0.136. The summed E-state index contributed by atoms with van der Waals surface area (Å²) in [6, 6.07) is 8.59. The number of rotatable bonds is 3. The Kier molecular flexibility index (Phi) is 4.19. The Bertz CT molecular complexity index is 947. The molecule has 1 aliphatic carbocycles. The minimum Gasteiger partial charge on any atom is -0.338 e. The number of nitrogens with zero attached hydrogens (tertiary/aromatic N) is 1. The summed E-state index contributed by atoms with van der Waals surface area (Å²) < 4.78 is 27.0. The number of carbonyl (C=O) groups is 2. The van der Waals surface area contributed by atoms with Gasteiger partial charge in [-0.3, -0.25) is 14.8 Å². The minimum absolute atomic E-state index is 0.0854. The Balaban J connectivity index is 1.58. The fourth-order valence-corrected chi connectivity index (χ4v) is 4.27. The topological polar surface area (TPSA) is 69.6 Å². The molecule has 1 atom stereocenters. The van der Waals surface area contributed by atoms with Crippen LogP contribution in [0.2, 0.25) is 0 Å². The van der Waals surface area contributed by atoms with E-state index in [1.165, 1.54) is 12.1 Å². The second-order valence-electron chi connectivity index (χ2n) is 7.23. The normalized spacial score (nSPS) is 21.0. The first-order chi connectivity index (χ1) is 12.9. The monoisotopic (exact) mass is 372 g/mol. The van der Waals surface area contributed by atoms with Crippen molar-refractivity contribution < 1.29 is 23.6 Å². The molecule has 0 radical (unpaired) electrons. The summed E-state index contributed by atoms with van der Waals surface area (Å²) in [6.07, 6.45) is 1.52. The summed E-state index contributed by atoms with van der Waals surface area (Å²) in [7, 11) is 0. The smallest absolute Gasteiger partial charge is 0.274 e. The van der Waals surface area contributed by atoms with Crippen LogP contribution in [-0.2, 0) is 24.2 Å². The summed E-state index contributed by atoms with van der Waals surface area (Å²) >= 11 is 0. The average Bonchev–Trinajstić information content (AvgIpc) is 3.18. The zero-order chi connectivity index (χ0) is 19.2. The van der Waals surface area contributed by atoms with Gasteiger partial charge in [0.05, 0.1) is 5.41 Å². The first kappa shape index (κ1) is 17.6. The van der Waals surface area contributed by atoms with E-state index < -0.39 is 23.0 Å². The van der Waals surface area contributed by atoms with Crippen LogP contribution in [0.4, 0.5) is 8.78 Å². The van der Waals surface area contributed by atoms with E-state index in [1.807, 2.05) is 6.07 Å². The first-order valence-electron chi connectivity index (χ1n) is 8.72. The molecule has 7 heteroatoms. The molecule has 1 fully saturated rings. The number of halogens is 2. The Morgan fingerprint density at radius 2 is 2.04 bits per heavy atom. The van der Waals surface area contributed by atoms with Crippen LogP contribution in [0, 0.1) is 17.0 Å². The minimum atomic E-state index is -0.666. The number of amides is 2. The van der Waals surface area contributed by atoms with E-state index in [9.17, 15) is 18.4 Å². The SMILES string of the molecule is O=C(NO)c1cccc2c1CC1(CCN(Cc3ccc(F)cc3F)C1=O)C2. The van der Waals surface area contributed by atoms with Gasteiger partial charge in [-0.2, -0.15) is 0 Å². The van der Waals surface area contributed by atoms with Crippen LogP contribution in [0.25, 0.3) is 0 Å². The number of fused-ring (bicyclic) bond motifs is 1. The van der Waals surface area contributed by atoms with Crippen molar-refractivity contribution in [3.8, 4) is 0 Å². The predicted molar refractivity (Wildman–Crippen MR) is 91.9 cm³/mol. The Hall–Kier alpha value is -2.80. The molecular formula is C20H18F2N2O3. The number of benzene rings is 2. The van der Waals surface area contributed by atoms with Crippen LogP contribution in [0.1, 0.15) is 33.5 Å². The van der Waals surface area contributed by atoms with Gasteiger partial charge in [-0.25, -0.2) is 14.3 Å². The van der Waals surface area contributed by atoms with Crippen molar-refractivity contribution in [3.63, 3.8) is 0 Å². The van der Waals surface area contributed by atoms with Crippen LogP contribution in [0.15, 0.2) is 36.4 Å². The predicted octanol–water partition coefficient (Wildman–Crippen LogP) is 2.60. The zero-order valence-corrected chi connectivity index (χ0v) is 14.5. The van der Waals surface area contributed by atoms with Crippen LogP contribution < -0.4 is 5.48 Å². The number of likely N-dealkylation sites (tertiary alicyclic amines) is 1. The van der Waals surface area contributed by atoms with E-state index in [-0.39, 0.29) is 18.0 Å². The summed E-state index contributed by atoms with van der Waals surface area (Å²) in [6.45, 7) is 0.568. The fourth-order valence-electron chi connectivity index (χ4n) is 4.27. The highest BCUT2D eigenvalue weighted by Gasteiger charge is 2.50. The summed E-state index contributed by atoms with van der Waals surface area (Å²) in [5, 5.41) is 8.94. The molecule has 1 saturated heterocycles. The second-order valence-corrected chi connectivity index (χ2v) is 7.23. The third kappa shape index (κ3) is 2.88. The molecule has 140 valence electrons. The van der Waals surface area contributed by atoms with Gasteiger partial charge in [-0.1, -0.05) is 18.2 Å². The van der Waals surface area contributed by atoms with Gasteiger partial charge in [0.2, 0.25) is 5.91 Å². The van der Waals surface area contributed by atoms with Crippen molar-refractivity contribution in [1.29, 1.82) is 0 Å². The molecular weight excluding hydrogens is 354 g/mol. The molecule has 1 heterocycles. The van der Waals surface area contributed by atoms with Crippen LogP contribution in [0.5, 0.6) is 0 Å². The lowest BCUT2D eigenvalue weighted by Crippen LogP contribution is -2.35. The first-order valence-corrected chi connectivity index (χ1v) is 8.72. The summed E-state index contributed by atoms with van der Waals surface area (Å²) in [5.41, 5.74) is 3.32.